The number of nitrogens with one attached hydrogen (secondary N) is 2. The molecule has 1 amide bonds. The fourth-order valence-electron chi connectivity index (χ4n) is 3.58. The zero-order chi connectivity index (χ0) is 21.8. The maximum Gasteiger partial charge on any atom is 0.240 e. The first-order valence-electron chi connectivity index (χ1n) is 10.5. The van der Waals surface area contributed by atoms with E-state index in [4.69, 9.17) is 4.74 Å². The quantitative estimate of drug-likeness (QED) is 0.577. The lowest BCUT2D eigenvalue weighted by atomic mass is 10.0. The van der Waals surface area contributed by atoms with Gasteiger partial charge in [0.25, 0.3) is 0 Å². The molecule has 162 valence electrons. The molecular weight excluding hydrogens is 410 g/mol. The number of fused-ring (bicyclic) bond motifs is 1. The van der Waals surface area contributed by atoms with E-state index in [1.807, 2.05) is 28.9 Å². The average molecular weight is 438 g/mol. The second kappa shape index (κ2) is 9.43. The number of thioether (sulfide) groups is 1. The highest BCUT2D eigenvalue weighted by Crippen LogP contribution is 2.38. The van der Waals surface area contributed by atoms with Gasteiger partial charge in [-0.15, -0.1) is 10.2 Å². The van der Waals surface area contributed by atoms with Gasteiger partial charge in [-0.05, 0) is 48.2 Å². The molecule has 1 aliphatic rings. The Kier molecular flexibility index (Phi) is 6.46. The molecule has 0 unspecified atom stereocenters. The van der Waals surface area contributed by atoms with Gasteiger partial charge in [0, 0.05) is 12.1 Å². The second-order valence-electron chi connectivity index (χ2n) is 7.44. The molecule has 31 heavy (non-hydrogen) atoms. The minimum absolute atomic E-state index is 0.0847. The predicted molar refractivity (Wildman–Crippen MR) is 123 cm³/mol. The van der Waals surface area contributed by atoms with Crippen molar-refractivity contribution in [2.45, 2.75) is 49.6 Å². The van der Waals surface area contributed by atoms with Crippen molar-refractivity contribution in [1.29, 1.82) is 0 Å². The van der Waals surface area contributed by atoms with Crippen LogP contribution in [0.25, 0.3) is 0 Å². The van der Waals surface area contributed by atoms with Crippen molar-refractivity contribution >= 4 is 23.4 Å². The summed E-state index contributed by atoms with van der Waals surface area (Å²) in [4.78, 5) is 13.3. The lowest BCUT2D eigenvalue weighted by molar-refractivity contribution is -0.116. The Morgan fingerprint density at radius 1 is 1.13 bits per heavy atom. The molecule has 1 aromatic heterocycles. The molecule has 0 spiro atoms. The smallest absolute Gasteiger partial charge is 0.240 e. The van der Waals surface area contributed by atoms with Gasteiger partial charge in [-0.3, -0.25) is 4.79 Å². The number of aryl methyl sites for hydroxylation is 2. The molecule has 0 bridgehead atoms. The molecule has 0 fully saturated rings. The molecule has 7 nitrogen and oxygen atoms in total. The van der Waals surface area contributed by atoms with Crippen LogP contribution >= 0.6 is 11.8 Å². The van der Waals surface area contributed by atoms with E-state index in [1.54, 1.807) is 7.11 Å². The molecule has 2 atom stereocenters. The van der Waals surface area contributed by atoms with E-state index in [9.17, 15) is 4.79 Å². The number of methoxy groups -OCH3 is 1. The Hall–Kier alpha value is -3.00. The predicted octanol–water partition coefficient (Wildman–Crippen LogP) is 4.20. The molecule has 0 saturated carbocycles. The molecule has 2 N–H and O–H groups in total. The highest BCUT2D eigenvalue weighted by atomic mass is 32.2. The minimum Gasteiger partial charge on any atom is -0.497 e. The molecule has 2 aromatic carbocycles. The van der Waals surface area contributed by atoms with Crippen molar-refractivity contribution in [3.63, 3.8) is 0 Å². The van der Waals surface area contributed by atoms with Gasteiger partial charge in [-0.25, -0.2) is 4.68 Å². The second-order valence-corrected chi connectivity index (χ2v) is 8.55. The van der Waals surface area contributed by atoms with E-state index in [1.165, 1.54) is 17.3 Å². The first kappa shape index (κ1) is 21.2. The van der Waals surface area contributed by atoms with Crippen molar-refractivity contribution < 1.29 is 9.53 Å². The molecule has 8 heteroatoms. The summed E-state index contributed by atoms with van der Waals surface area (Å²) in [5, 5.41) is 12.0. The molecule has 0 radical (unpaired) electrons. The third-order valence-corrected chi connectivity index (χ3v) is 6.56. The summed E-state index contributed by atoms with van der Waals surface area (Å²) in [6.07, 6.45) is 2.78. The van der Waals surface area contributed by atoms with Crippen LogP contribution in [0.1, 0.15) is 43.3 Å². The summed E-state index contributed by atoms with van der Waals surface area (Å²) in [6, 6.07) is 15.6. The van der Waals surface area contributed by atoms with Crippen LogP contribution in [0.15, 0.2) is 53.7 Å². The number of carbonyl (C=O) groups is 1. The monoisotopic (exact) mass is 437 g/mol. The molecule has 2 heterocycles. The number of amides is 1. The number of rotatable bonds is 7. The van der Waals surface area contributed by atoms with Gasteiger partial charge in [-0.2, -0.15) is 0 Å². The van der Waals surface area contributed by atoms with Gasteiger partial charge >= 0.3 is 0 Å². The Morgan fingerprint density at radius 3 is 2.52 bits per heavy atom. The summed E-state index contributed by atoms with van der Waals surface area (Å²) in [5.41, 5.74) is 6.56. The Labute approximate surface area is 186 Å². The molecule has 4 rings (SSSR count). The van der Waals surface area contributed by atoms with E-state index < -0.39 is 5.25 Å². The van der Waals surface area contributed by atoms with Crippen molar-refractivity contribution in [2.75, 3.05) is 17.9 Å². The fraction of sp³-hybridized carbons (Fsp3) is 0.348. The van der Waals surface area contributed by atoms with Crippen LogP contribution in [0, 0.1) is 0 Å². The SMILES string of the molecule is CCCc1nnc2n1N[C@H](c1ccc(CC)cc1)[C@H](C(=O)Nc1ccc(OC)cc1)S2. The van der Waals surface area contributed by atoms with E-state index >= 15 is 0 Å². The summed E-state index contributed by atoms with van der Waals surface area (Å²) in [7, 11) is 1.62. The van der Waals surface area contributed by atoms with E-state index in [2.05, 4.69) is 59.1 Å². The first-order chi connectivity index (χ1) is 15.1. The zero-order valence-corrected chi connectivity index (χ0v) is 18.8. The van der Waals surface area contributed by atoms with Gasteiger partial charge < -0.3 is 15.5 Å². The highest BCUT2D eigenvalue weighted by molar-refractivity contribution is 8.00. The highest BCUT2D eigenvalue weighted by Gasteiger charge is 2.37. The normalized spacial score (nSPS) is 17.5. The van der Waals surface area contributed by atoms with Gasteiger partial charge in [0.05, 0.1) is 13.2 Å². The number of anilines is 1. The van der Waals surface area contributed by atoms with Crippen LogP contribution in [0.3, 0.4) is 0 Å². The summed E-state index contributed by atoms with van der Waals surface area (Å²) in [5.74, 6) is 1.55. The lowest BCUT2D eigenvalue weighted by Crippen LogP contribution is -2.41. The lowest BCUT2D eigenvalue weighted by Gasteiger charge is -2.33. The Morgan fingerprint density at radius 2 is 1.87 bits per heavy atom. The van der Waals surface area contributed by atoms with Crippen molar-refractivity contribution in [3.8, 4) is 5.75 Å². The molecule has 1 aliphatic heterocycles. The van der Waals surface area contributed by atoms with Crippen molar-refractivity contribution in [2.24, 2.45) is 0 Å². The molecule has 0 aliphatic carbocycles. The summed E-state index contributed by atoms with van der Waals surface area (Å²) < 4.78 is 7.13. The molecule has 3 aromatic rings. The summed E-state index contributed by atoms with van der Waals surface area (Å²) in [6.45, 7) is 4.25. The number of hydrogen-bond donors (Lipinski definition) is 2. The molecular formula is C23H27N5O2S. The van der Waals surface area contributed by atoms with E-state index in [-0.39, 0.29) is 11.9 Å². The number of carbonyl (C=O) groups excluding carboxylic acids is 1. The standard InChI is InChI=1S/C23H27N5O2S/c1-4-6-19-25-26-23-28(19)27-20(16-9-7-15(5-2)8-10-16)21(31-23)22(29)24-17-11-13-18(30-3)14-12-17/h7-14,20-21,27H,4-6H2,1-3H3,(H,24,29)/t20-,21-/m1/s1. The van der Waals surface area contributed by atoms with Crippen molar-refractivity contribution in [3.05, 3.63) is 65.5 Å². The third-order valence-electron chi connectivity index (χ3n) is 5.34. The minimum atomic E-state index is -0.402. The number of hydrogen-bond acceptors (Lipinski definition) is 6. The van der Waals surface area contributed by atoms with Gasteiger partial charge in [0.15, 0.2) is 5.82 Å². The third kappa shape index (κ3) is 4.54. The van der Waals surface area contributed by atoms with Gasteiger partial charge in [0.2, 0.25) is 11.1 Å². The van der Waals surface area contributed by atoms with Crippen LogP contribution in [0.5, 0.6) is 5.75 Å². The largest absolute Gasteiger partial charge is 0.497 e. The Balaban J connectivity index is 1.63. The van der Waals surface area contributed by atoms with E-state index in [0.717, 1.165) is 42.1 Å². The number of nitrogens with zero attached hydrogens (tertiary/aromatic N) is 3. The average Bonchev–Trinajstić information content (AvgIpc) is 3.21. The maximum absolute atomic E-state index is 13.3. The van der Waals surface area contributed by atoms with Gasteiger partial charge in [0.1, 0.15) is 11.0 Å². The van der Waals surface area contributed by atoms with Gasteiger partial charge in [-0.1, -0.05) is 49.9 Å². The number of ether oxygens (including phenoxy) is 1. The summed E-state index contributed by atoms with van der Waals surface area (Å²) >= 11 is 1.44. The van der Waals surface area contributed by atoms with Crippen molar-refractivity contribution in [1.82, 2.24) is 14.9 Å². The van der Waals surface area contributed by atoms with Crippen LogP contribution in [0.2, 0.25) is 0 Å². The van der Waals surface area contributed by atoms with Crippen LogP contribution in [-0.4, -0.2) is 33.1 Å². The van der Waals surface area contributed by atoms with Crippen LogP contribution in [0.4, 0.5) is 5.69 Å². The Bertz CT molecular complexity index is 1030. The van der Waals surface area contributed by atoms with Crippen LogP contribution in [-0.2, 0) is 17.6 Å². The fourth-order valence-corrected chi connectivity index (χ4v) is 4.68. The van der Waals surface area contributed by atoms with E-state index in [0.29, 0.717) is 5.16 Å². The maximum atomic E-state index is 13.3. The number of aromatic nitrogens is 3. The van der Waals surface area contributed by atoms with Crippen LogP contribution < -0.4 is 15.5 Å². The number of benzene rings is 2. The first-order valence-corrected chi connectivity index (χ1v) is 11.4. The zero-order valence-electron chi connectivity index (χ0n) is 18.0. The molecule has 0 saturated heterocycles. The topological polar surface area (TPSA) is 81.1 Å².